The van der Waals surface area contributed by atoms with Crippen LogP contribution in [0.25, 0.3) is 0 Å². The summed E-state index contributed by atoms with van der Waals surface area (Å²) in [7, 11) is 2.24. The van der Waals surface area contributed by atoms with Crippen LogP contribution in [-0.2, 0) is 4.74 Å². The first-order chi connectivity index (χ1) is 8.27. The van der Waals surface area contributed by atoms with Crippen molar-refractivity contribution in [2.24, 2.45) is 0 Å². The van der Waals surface area contributed by atoms with E-state index in [0.717, 1.165) is 19.2 Å². The van der Waals surface area contributed by atoms with Crippen molar-refractivity contribution < 1.29 is 4.74 Å². The van der Waals surface area contributed by atoms with Crippen molar-refractivity contribution in [3.63, 3.8) is 0 Å². The van der Waals surface area contributed by atoms with Gasteiger partial charge in [-0.2, -0.15) is 11.8 Å². The predicted molar refractivity (Wildman–Crippen MR) is 80.0 cm³/mol. The van der Waals surface area contributed by atoms with Gasteiger partial charge in [0.25, 0.3) is 0 Å². The van der Waals surface area contributed by atoms with E-state index < -0.39 is 0 Å². The monoisotopic (exact) mass is 261 g/mol. The highest BCUT2D eigenvalue weighted by molar-refractivity contribution is 7.97. The Balaban J connectivity index is 0.000000450. The molecular weight excluding hydrogens is 230 g/mol. The molecule has 0 aromatic heterocycles. The molecule has 1 aliphatic heterocycles. The van der Waals surface area contributed by atoms with Crippen LogP contribution in [0.15, 0.2) is 0 Å². The van der Waals surface area contributed by atoms with Gasteiger partial charge in [0.2, 0.25) is 0 Å². The molecular formula is C14H31NOS. The summed E-state index contributed by atoms with van der Waals surface area (Å²) >= 11 is 1.75. The molecule has 1 saturated carbocycles. The van der Waals surface area contributed by atoms with E-state index >= 15 is 0 Å². The van der Waals surface area contributed by atoms with Gasteiger partial charge in [-0.1, -0.05) is 20.3 Å². The molecule has 2 nitrogen and oxygen atoms in total. The highest BCUT2D eigenvalue weighted by Gasteiger charge is 2.25. The highest BCUT2D eigenvalue weighted by Crippen LogP contribution is 2.24. The SMILES string of the molecule is CC.CN(CC1CCCO1)C1CCC1.CSC. The number of thioether (sulfide) groups is 1. The molecule has 0 bridgehead atoms. The van der Waals surface area contributed by atoms with Crippen LogP contribution >= 0.6 is 11.8 Å². The average molecular weight is 261 g/mol. The summed E-state index contributed by atoms with van der Waals surface area (Å²) < 4.78 is 5.60. The zero-order valence-electron chi connectivity index (χ0n) is 12.4. The topological polar surface area (TPSA) is 12.5 Å². The molecule has 0 amide bonds. The van der Waals surface area contributed by atoms with Crippen molar-refractivity contribution in [1.29, 1.82) is 0 Å². The maximum Gasteiger partial charge on any atom is 0.0702 e. The fourth-order valence-corrected chi connectivity index (χ4v) is 2.09. The van der Waals surface area contributed by atoms with Gasteiger partial charge in [0, 0.05) is 19.2 Å². The number of ether oxygens (including phenoxy) is 1. The smallest absolute Gasteiger partial charge is 0.0702 e. The predicted octanol–water partition coefficient (Wildman–Crippen LogP) is 3.66. The summed E-state index contributed by atoms with van der Waals surface area (Å²) in [6, 6.07) is 0.870. The van der Waals surface area contributed by atoms with Gasteiger partial charge in [0.05, 0.1) is 6.10 Å². The third-order valence-electron chi connectivity index (χ3n) is 3.21. The molecule has 0 spiro atoms. The largest absolute Gasteiger partial charge is 0.377 e. The normalized spacial score (nSPS) is 23.3. The number of hydrogen-bond donors (Lipinski definition) is 0. The number of hydrogen-bond acceptors (Lipinski definition) is 3. The third-order valence-corrected chi connectivity index (χ3v) is 3.21. The zero-order valence-corrected chi connectivity index (χ0v) is 13.2. The van der Waals surface area contributed by atoms with Crippen molar-refractivity contribution in [1.82, 2.24) is 4.90 Å². The summed E-state index contributed by atoms with van der Waals surface area (Å²) in [4.78, 5) is 2.49. The summed E-state index contributed by atoms with van der Waals surface area (Å²) in [6.07, 6.45) is 11.4. The maximum absolute atomic E-state index is 5.60. The van der Waals surface area contributed by atoms with Crippen LogP contribution in [-0.4, -0.2) is 49.8 Å². The summed E-state index contributed by atoms with van der Waals surface area (Å²) in [6.45, 7) is 6.15. The molecule has 0 N–H and O–H groups in total. The van der Waals surface area contributed by atoms with Crippen LogP contribution in [0.1, 0.15) is 46.0 Å². The minimum absolute atomic E-state index is 0.538. The highest BCUT2D eigenvalue weighted by atomic mass is 32.2. The number of nitrogens with zero attached hydrogens (tertiary/aromatic N) is 1. The van der Waals surface area contributed by atoms with Gasteiger partial charge in [-0.3, -0.25) is 0 Å². The lowest BCUT2D eigenvalue weighted by molar-refractivity contribution is 0.0523. The standard InChI is InChI=1S/C10H19NO.C2H6S.C2H6/c1-11(9-4-2-5-9)8-10-6-3-7-12-10;1-3-2;1-2/h9-10H,2-8H2,1H3;1-2H3;1-2H3. The van der Waals surface area contributed by atoms with E-state index in [2.05, 4.69) is 11.9 Å². The Morgan fingerprint density at radius 3 is 2.06 bits per heavy atom. The quantitative estimate of drug-likeness (QED) is 0.769. The second-order valence-corrected chi connectivity index (χ2v) is 5.38. The van der Waals surface area contributed by atoms with Gasteiger partial charge in [-0.25, -0.2) is 0 Å². The Labute approximate surface area is 112 Å². The second kappa shape index (κ2) is 11.4. The molecule has 104 valence electrons. The van der Waals surface area contributed by atoms with Crippen LogP contribution in [0.4, 0.5) is 0 Å². The van der Waals surface area contributed by atoms with Crippen LogP contribution in [0, 0.1) is 0 Å². The van der Waals surface area contributed by atoms with E-state index in [1.165, 1.54) is 32.1 Å². The minimum atomic E-state index is 0.538. The van der Waals surface area contributed by atoms with E-state index in [-0.39, 0.29) is 0 Å². The third kappa shape index (κ3) is 7.32. The number of rotatable bonds is 3. The Kier molecular flexibility index (Phi) is 11.5. The van der Waals surface area contributed by atoms with Gasteiger partial charge in [-0.15, -0.1) is 0 Å². The molecule has 1 heterocycles. The molecule has 2 aliphatic rings. The number of likely N-dealkylation sites (N-methyl/N-ethyl adjacent to an activating group) is 1. The van der Waals surface area contributed by atoms with Crippen LogP contribution in [0.2, 0.25) is 0 Å². The van der Waals surface area contributed by atoms with Crippen molar-refractivity contribution >= 4 is 11.8 Å². The first-order valence-electron chi connectivity index (χ1n) is 7.00. The minimum Gasteiger partial charge on any atom is -0.377 e. The molecule has 1 aliphatic carbocycles. The molecule has 17 heavy (non-hydrogen) atoms. The van der Waals surface area contributed by atoms with Gasteiger partial charge in [0.15, 0.2) is 0 Å². The van der Waals surface area contributed by atoms with Crippen LogP contribution < -0.4 is 0 Å². The first kappa shape index (κ1) is 17.3. The average Bonchev–Trinajstić information content (AvgIpc) is 2.72. The second-order valence-electron chi connectivity index (χ2n) is 4.57. The van der Waals surface area contributed by atoms with E-state index in [4.69, 9.17) is 4.74 Å². The molecule has 3 heteroatoms. The van der Waals surface area contributed by atoms with Crippen LogP contribution in [0.3, 0.4) is 0 Å². The Bertz CT molecular complexity index is 156. The molecule has 0 radical (unpaired) electrons. The summed E-state index contributed by atoms with van der Waals surface area (Å²) in [5.74, 6) is 0. The maximum atomic E-state index is 5.60. The van der Waals surface area contributed by atoms with E-state index in [9.17, 15) is 0 Å². The summed E-state index contributed by atoms with van der Waals surface area (Å²) in [5.41, 5.74) is 0. The van der Waals surface area contributed by atoms with Gasteiger partial charge < -0.3 is 9.64 Å². The molecule has 1 unspecified atom stereocenters. The van der Waals surface area contributed by atoms with Crippen molar-refractivity contribution in [2.75, 3.05) is 32.7 Å². The lowest BCUT2D eigenvalue weighted by atomic mass is 9.91. The fourth-order valence-electron chi connectivity index (χ4n) is 2.09. The molecule has 2 fully saturated rings. The molecule has 0 aromatic rings. The molecule has 1 saturated heterocycles. The summed E-state index contributed by atoms with van der Waals surface area (Å²) in [5, 5.41) is 0. The van der Waals surface area contributed by atoms with E-state index in [0.29, 0.717) is 6.10 Å². The zero-order chi connectivity index (χ0) is 13.1. The first-order valence-corrected chi connectivity index (χ1v) is 8.63. The van der Waals surface area contributed by atoms with E-state index in [1.807, 2.05) is 26.4 Å². The van der Waals surface area contributed by atoms with Gasteiger partial charge in [-0.05, 0) is 45.2 Å². The molecule has 2 rings (SSSR count). The van der Waals surface area contributed by atoms with E-state index in [1.54, 1.807) is 11.8 Å². The molecule has 0 aromatic carbocycles. The Morgan fingerprint density at radius 1 is 1.12 bits per heavy atom. The van der Waals surface area contributed by atoms with Crippen molar-refractivity contribution in [3.05, 3.63) is 0 Å². The van der Waals surface area contributed by atoms with Gasteiger partial charge in [0.1, 0.15) is 0 Å². The van der Waals surface area contributed by atoms with Crippen molar-refractivity contribution in [2.45, 2.75) is 58.1 Å². The Morgan fingerprint density at radius 2 is 1.71 bits per heavy atom. The fraction of sp³-hybridized carbons (Fsp3) is 1.00. The Hall–Kier alpha value is 0.270. The lowest BCUT2D eigenvalue weighted by Crippen LogP contribution is -2.41. The lowest BCUT2D eigenvalue weighted by Gasteiger charge is -2.35. The molecule has 1 atom stereocenters. The van der Waals surface area contributed by atoms with Gasteiger partial charge >= 0.3 is 0 Å². The van der Waals surface area contributed by atoms with Crippen molar-refractivity contribution in [3.8, 4) is 0 Å². The van der Waals surface area contributed by atoms with Crippen LogP contribution in [0.5, 0.6) is 0 Å².